The molecule has 0 radical (unpaired) electrons. The molecule has 1 atom stereocenters. The molecule has 1 rings (SSSR count). The summed E-state index contributed by atoms with van der Waals surface area (Å²) in [4.78, 5) is 23.2. The molecule has 0 fully saturated rings. The summed E-state index contributed by atoms with van der Waals surface area (Å²) in [5.41, 5.74) is 2.51. The number of hydrogen-bond acceptors (Lipinski definition) is 3. The maximum atomic E-state index is 11.8. The van der Waals surface area contributed by atoms with E-state index in [1.165, 1.54) is 0 Å². The van der Waals surface area contributed by atoms with Gasteiger partial charge in [-0.2, -0.15) is 0 Å². The second-order valence-electron chi connectivity index (χ2n) is 5.43. The standard InChI is InChI=1S/C16H23NO4/c1-10(2)21-6-5-14(18)17-15(16(19)20)13-8-11(3)7-12(4)9-13/h7-10,15H,5-6H2,1-4H3,(H,17,18)(H,19,20). The molecule has 116 valence electrons. The van der Waals surface area contributed by atoms with Crippen LogP contribution in [0.25, 0.3) is 0 Å². The predicted molar refractivity (Wildman–Crippen MR) is 80.1 cm³/mol. The fraction of sp³-hybridized carbons (Fsp3) is 0.500. The van der Waals surface area contributed by atoms with Crippen molar-refractivity contribution in [2.24, 2.45) is 0 Å². The number of carboxylic acids is 1. The number of hydrogen-bond donors (Lipinski definition) is 2. The predicted octanol–water partition coefficient (Wildman–Crippen LogP) is 2.36. The van der Waals surface area contributed by atoms with Crippen molar-refractivity contribution < 1.29 is 19.4 Å². The van der Waals surface area contributed by atoms with Crippen LogP contribution in [0.3, 0.4) is 0 Å². The van der Waals surface area contributed by atoms with Gasteiger partial charge in [-0.25, -0.2) is 4.79 Å². The lowest BCUT2D eigenvalue weighted by Crippen LogP contribution is -2.34. The third kappa shape index (κ3) is 5.95. The molecule has 0 saturated heterocycles. The summed E-state index contributed by atoms with van der Waals surface area (Å²) >= 11 is 0. The second kappa shape index (κ2) is 7.78. The van der Waals surface area contributed by atoms with Gasteiger partial charge in [0.2, 0.25) is 5.91 Å². The Hall–Kier alpha value is -1.88. The first kappa shape index (κ1) is 17.2. The normalized spacial score (nSPS) is 12.2. The van der Waals surface area contributed by atoms with E-state index in [0.717, 1.165) is 11.1 Å². The van der Waals surface area contributed by atoms with Crippen LogP contribution in [0.5, 0.6) is 0 Å². The Morgan fingerprint density at radius 2 is 1.76 bits per heavy atom. The molecule has 5 nitrogen and oxygen atoms in total. The summed E-state index contributed by atoms with van der Waals surface area (Å²) in [5, 5.41) is 11.9. The van der Waals surface area contributed by atoms with Gasteiger partial charge in [0.15, 0.2) is 6.04 Å². The van der Waals surface area contributed by atoms with Crippen LogP contribution in [0, 0.1) is 13.8 Å². The lowest BCUT2D eigenvalue weighted by molar-refractivity contribution is -0.142. The van der Waals surface area contributed by atoms with Crippen molar-refractivity contribution in [2.75, 3.05) is 6.61 Å². The summed E-state index contributed by atoms with van der Waals surface area (Å²) in [6, 6.07) is 4.48. The van der Waals surface area contributed by atoms with Gasteiger partial charge in [0.1, 0.15) is 0 Å². The quantitative estimate of drug-likeness (QED) is 0.809. The van der Waals surface area contributed by atoms with E-state index < -0.39 is 12.0 Å². The zero-order valence-corrected chi connectivity index (χ0v) is 13.0. The maximum Gasteiger partial charge on any atom is 0.330 e. The highest BCUT2D eigenvalue weighted by Crippen LogP contribution is 2.17. The molecule has 0 aliphatic rings. The van der Waals surface area contributed by atoms with Gasteiger partial charge >= 0.3 is 5.97 Å². The van der Waals surface area contributed by atoms with Crippen LogP contribution in [-0.4, -0.2) is 29.7 Å². The number of rotatable bonds is 7. The Balaban J connectivity index is 2.74. The highest BCUT2D eigenvalue weighted by atomic mass is 16.5. The van der Waals surface area contributed by atoms with Gasteiger partial charge in [-0.1, -0.05) is 29.3 Å². The van der Waals surface area contributed by atoms with E-state index in [9.17, 15) is 14.7 Å². The number of carboxylic acid groups (broad SMARTS) is 1. The Kier molecular flexibility index (Phi) is 6.37. The molecule has 2 N–H and O–H groups in total. The Labute approximate surface area is 125 Å². The van der Waals surface area contributed by atoms with Crippen molar-refractivity contribution in [3.8, 4) is 0 Å². The third-order valence-corrected chi connectivity index (χ3v) is 2.91. The van der Waals surface area contributed by atoms with E-state index in [2.05, 4.69) is 5.32 Å². The molecule has 0 saturated carbocycles. The first-order chi connectivity index (χ1) is 9.79. The smallest absolute Gasteiger partial charge is 0.330 e. The average molecular weight is 293 g/mol. The fourth-order valence-corrected chi connectivity index (χ4v) is 2.08. The minimum atomic E-state index is -1.07. The molecule has 1 aromatic carbocycles. The van der Waals surface area contributed by atoms with Crippen molar-refractivity contribution in [1.82, 2.24) is 5.32 Å². The molecule has 5 heteroatoms. The van der Waals surface area contributed by atoms with Crippen molar-refractivity contribution in [2.45, 2.75) is 46.3 Å². The number of aliphatic carboxylic acids is 1. The van der Waals surface area contributed by atoms with E-state index in [1.54, 1.807) is 12.1 Å². The van der Waals surface area contributed by atoms with E-state index in [-0.39, 0.29) is 25.0 Å². The first-order valence-corrected chi connectivity index (χ1v) is 7.01. The zero-order chi connectivity index (χ0) is 16.0. The fourth-order valence-electron chi connectivity index (χ4n) is 2.08. The monoisotopic (exact) mass is 293 g/mol. The van der Waals surface area contributed by atoms with Gasteiger partial charge in [-0.3, -0.25) is 4.79 Å². The van der Waals surface area contributed by atoms with Crippen LogP contribution in [0.4, 0.5) is 0 Å². The maximum absolute atomic E-state index is 11.8. The molecule has 0 aliphatic heterocycles. The molecule has 21 heavy (non-hydrogen) atoms. The van der Waals surface area contributed by atoms with Gasteiger partial charge in [0.25, 0.3) is 0 Å². The van der Waals surface area contributed by atoms with Crippen LogP contribution in [0.2, 0.25) is 0 Å². The van der Waals surface area contributed by atoms with Crippen LogP contribution in [0.1, 0.15) is 43.0 Å². The Morgan fingerprint density at radius 3 is 2.24 bits per heavy atom. The molecule has 1 amide bonds. The summed E-state index contributed by atoms with van der Waals surface area (Å²) in [6.45, 7) is 7.84. The van der Waals surface area contributed by atoms with E-state index in [0.29, 0.717) is 5.56 Å². The van der Waals surface area contributed by atoms with Crippen molar-refractivity contribution in [3.63, 3.8) is 0 Å². The number of amides is 1. The minimum Gasteiger partial charge on any atom is -0.479 e. The molecule has 1 aromatic rings. The number of carbonyl (C=O) groups excluding carboxylic acids is 1. The highest BCUT2D eigenvalue weighted by molar-refractivity contribution is 5.84. The number of ether oxygens (including phenoxy) is 1. The summed E-state index contributed by atoms with van der Waals surface area (Å²) in [6.07, 6.45) is 0.194. The lowest BCUT2D eigenvalue weighted by atomic mass is 10.0. The van der Waals surface area contributed by atoms with Gasteiger partial charge < -0.3 is 15.2 Å². The molecular formula is C16H23NO4. The van der Waals surface area contributed by atoms with Crippen LogP contribution >= 0.6 is 0 Å². The molecule has 1 unspecified atom stereocenters. The van der Waals surface area contributed by atoms with Crippen LogP contribution in [-0.2, 0) is 14.3 Å². The summed E-state index contributed by atoms with van der Waals surface area (Å²) in [5.74, 6) is -1.40. The number of aryl methyl sites for hydroxylation is 2. The topological polar surface area (TPSA) is 75.6 Å². The Morgan fingerprint density at radius 1 is 1.19 bits per heavy atom. The molecule has 0 heterocycles. The lowest BCUT2D eigenvalue weighted by Gasteiger charge is -2.16. The summed E-state index contributed by atoms with van der Waals surface area (Å²) in [7, 11) is 0. The molecule has 0 aromatic heterocycles. The number of nitrogens with one attached hydrogen (secondary N) is 1. The average Bonchev–Trinajstić information content (AvgIpc) is 2.33. The second-order valence-corrected chi connectivity index (χ2v) is 5.43. The Bertz CT molecular complexity index is 491. The largest absolute Gasteiger partial charge is 0.479 e. The molecule has 0 spiro atoms. The van der Waals surface area contributed by atoms with E-state index in [4.69, 9.17) is 4.74 Å². The van der Waals surface area contributed by atoms with Gasteiger partial charge in [0, 0.05) is 0 Å². The minimum absolute atomic E-state index is 0.0486. The third-order valence-electron chi connectivity index (χ3n) is 2.91. The molecular weight excluding hydrogens is 270 g/mol. The van der Waals surface area contributed by atoms with E-state index >= 15 is 0 Å². The summed E-state index contributed by atoms with van der Waals surface area (Å²) < 4.78 is 5.29. The number of carbonyl (C=O) groups is 2. The van der Waals surface area contributed by atoms with Crippen LogP contribution in [0.15, 0.2) is 18.2 Å². The molecule has 0 bridgehead atoms. The first-order valence-electron chi connectivity index (χ1n) is 7.01. The number of benzene rings is 1. The van der Waals surface area contributed by atoms with Crippen molar-refractivity contribution in [3.05, 3.63) is 34.9 Å². The molecule has 0 aliphatic carbocycles. The van der Waals surface area contributed by atoms with Gasteiger partial charge in [-0.05, 0) is 33.3 Å². The van der Waals surface area contributed by atoms with E-state index in [1.807, 2.05) is 33.8 Å². The van der Waals surface area contributed by atoms with Crippen molar-refractivity contribution >= 4 is 11.9 Å². The van der Waals surface area contributed by atoms with Crippen molar-refractivity contribution in [1.29, 1.82) is 0 Å². The van der Waals surface area contributed by atoms with Gasteiger partial charge in [0.05, 0.1) is 19.1 Å². The highest BCUT2D eigenvalue weighted by Gasteiger charge is 2.22. The van der Waals surface area contributed by atoms with Crippen LogP contribution < -0.4 is 5.32 Å². The zero-order valence-electron chi connectivity index (χ0n) is 13.0. The SMILES string of the molecule is Cc1cc(C)cc(C(NC(=O)CCOC(C)C)C(=O)O)c1. The van der Waals surface area contributed by atoms with Gasteiger partial charge in [-0.15, -0.1) is 0 Å².